The number of thiophene rings is 1. The molecule has 1 aliphatic rings. The SMILES string of the molecule is COc1cc(C=Nc2sc3c(c2C(=O)Nc2ccccc2)CCCCCC3)cc(Br)c1OCc1ccc(C)cc1. The summed E-state index contributed by atoms with van der Waals surface area (Å²) in [5.74, 6) is 1.15. The first-order valence-electron chi connectivity index (χ1n) is 13.6. The molecular formula is C33H33BrN2O3S. The maximum absolute atomic E-state index is 13.6. The molecule has 5 rings (SSSR count). The van der Waals surface area contributed by atoms with Gasteiger partial charge in [0, 0.05) is 16.8 Å². The number of nitrogens with zero attached hydrogens (tertiary/aromatic N) is 1. The summed E-state index contributed by atoms with van der Waals surface area (Å²) in [7, 11) is 1.63. The van der Waals surface area contributed by atoms with Crippen molar-refractivity contribution >= 4 is 50.1 Å². The molecule has 1 N–H and O–H groups in total. The lowest BCUT2D eigenvalue weighted by molar-refractivity contribution is 0.102. The fraction of sp³-hybridized carbons (Fsp3) is 0.273. The normalized spacial score (nSPS) is 13.4. The van der Waals surface area contributed by atoms with E-state index in [0.717, 1.165) is 57.5 Å². The number of anilines is 1. The number of amides is 1. The van der Waals surface area contributed by atoms with Crippen molar-refractivity contribution in [1.29, 1.82) is 0 Å². The lowest BCUT2D eigenvalue weighted by Gasteiger charge is -2.14. The molecule has 4 aromatic rings. The number of hydrogen-bond donors (Lipinski definition) is 1. The Kier molecular flexibility index (Phi) is 9.34. The van der Waals surface area contributed by atoms with Crippen molar-refractivity contribution in [2.24, 2.45) is 4.99 Å². The number of benzene rings is 3. The number of halogens is 1. The van der Waals surface area contributed by atoms with Gasteiger partial charge in [-0.25, -0.2) is 4.99 Å². The lowest BCUT2D eigenvalue weighted by Crippen LogP contribution is -2.14. The molecule has 0 aliphatic heterocycles. The van der Waals surface area contributed by atoms with E-state index < -0.39 is 0 Å². The minimum Gasteiger partial charge on any atom is -0.493 e. The summed E-state index contributed by atoms with van der Waals surface area (Å²) < 4.78 is 12.6. The third-order valence-corrected chi connectivity index (χ3v) is 8.79. The Hall–Kier alpha value is -3.42. The second-order valence-corrected chi connectivity index (χ2v) is 11.9. The Morgan fingerprint density at radius 3 is 2.52 bits per heavy atom. The van der Waals surface area contributed by atoms with Gasteiger partial charge in [-0.05, 0) is 89.5 Å². The molecular weight excluding hydrogens is 584 g/mol. The van der Waals surface area contributed by atoms with Crippen LogP contribution in [0, 0.1) is 6.92 Å². The molecule has 0 unspecified atom stereocenters. The minimum atomic E-state index is -0.102. The summed E-state index contributed by atoms with van der Waals surface area (Å²) in [6.45, 7) is 2.50. The van der Waals surface area contributed by atoms with Gasteiger partial charge >= 0.3 is 0 Å². The van der Waals surface area contributed by atoms with Crippen LogP contribution in [-0.4, -0.2) is 19.2 Å². The van der Waals surface area contributed by atoms with Crippen molar-refractivity contribution in [3.63, 3.8) is 0 Å². The first-order valence-corrected chi connectivity index (χ1v) is 15.2. The summed E-state index contributed by atoms with van der Waals surface area (Å²) in [5.41, 5.74) is 5.78. The molecule has 1 amide bonds. The highest BCUT2D eigenvalue weighted by Gasteiger charge is 2.24. The van der Waals surface area contributed by atoms with Crippen molar-refractivity contribution in [1.82, 2.24) is 0 Å². The second-order valence-electron chi connectivity index (χ2n) is 9.98. The van der Waals surface area contributed by atoms with Gasteiger partial charge in [-0.15, -0.1) is 11.3 Å². The van der Waals surface area contributed by atoms with Crippen molar-refractivity contribution in [3.05, 3.63) is 104 Å². The molecule has 40 heavy (non-hydrogen) atoms. The number of ether oxygens (including phenoxy) is 2. The van der Waals surface area contributed by atoms with Gasteiger partial charge in [0.1, 0.15) is 11.6 Å². The molecule has 7 heteroatoms. The van der Waals surface area contributed by atoms with Crippen LogP contribution in [0.2, 0.25) is 0 Å². The summed E-state index contributed by atoms with van der Waals surface area (Å²) in [6, 6.07) is 21.7. The average molecular weight is 618 g/mol. The number of para-hydroxylation sites is 1. The molecule has 0 fully saturated rings. The largest absolute Gasteiger partial charge is 0.493 e. The number of carbonyl (C=O) groups excluding carboxylic acids is 1. The molecule has 206 valence electrons. The fourth-order valence-electron chi connectivity index (χ4n) is 4.87. The Morgan fingerprint density at radius 1 is 1.02 bits per heavy atom. The highest BCUT2D eigenvalue weighted by Crippen LogP contribution is 2.40. The van der Waals surface area contributed by atoms with Crippen LogP contribution in [0.25, 0.3) is 0 Å². The van der Waals surface area contributed by atoms with Gasteiger partial charge in [0.15, 0.2) is 11.5 Å². The van der Waals surface area contributed by atoms with E-state index in [4.69, 9.17) is 14.5 Å². The van der Waals surface area contributed by atoms with Crippen LogP contribution in [-0.2, 0) is 19.4 Å². The van der Waals surface area contributed by atoms with Crippen LogP contribution >= 0.6 is 27.3 Å². The van der Waals surface area contributed by atoms with Crippen molar-refractivity contribution in [2.75, 3.05) is 12.4 Å². The number of aliphatic imine (C=N–C) groups is 1. The predicted molar refractivity (Wildman–Crippen MR) is 168 cm³/mol. The zero-order valence-electron chi connectivity index (χ0n) is 22.8. The molecule has 1 aromatic heterocycles. The van der Waals surface area contributed by atoms with Crippen LogP contribution in [0.15, 0.2) is 76.2 Å². The van der Waals surface area contributed by atoms with Gasteiger partial charge in [0.25, 0.3) is 5.91 Å². The number of aryl methyl sites for hydroxylation is 2. The van der Waals surface area contributed by atoms with Gasteiger partial charge in [-0.3, -0.25) is 4.79 Å². The third-order valence-electron chi connectivity index (χ3n) is 7.00. The van der Waals surface area contributed by atoms with Gasteiger partial charge in [0.05, 0.1) is 17.1 Å². The van der Waals surface area contributed by atoms with Crippen molar-refractivity contribution in [3.8, 4) is 11.5 Å². The monoisotopic (exact) mass is 616 g/mol. The second kappa shape index (κ2) is 13.3. The molecule has 0 bridgehead atoms. The van der Waals surface area contributed by atoms with E-state index >= 15 is 0 Å². The fourth-order valence-corrected chi connectivity index (χ4v) is 6.68. The quantitative estimate of drug-likeness (QED) is 0.201. The highest BCUT2D eigenvalue weighted by molar-refractivity contribution is 9.10. The number of nitrogens with one attached hydrogen (secondary N) is 1. The van der Waals surface area contributed by atoms with Gasteiger partial charge in [0.2, 0.25) is 0 Å². The van der Waals surface area contributed by atoms with E-state index in [0.29, 0.717) is 23.7 Å². The number of fused-ring (bicyclic) bond motifs is 1. The van der Waals surface area contributed by atoms with E-state index in [1.807, 2.05) is 42.5 Å². The maximum atomic E-state index is 13.6. The van der Waals surface area contributed by atoms with Crippen molar-refractivity contribution in [2.45, 2.75) is 52.1 Å². The standard InChI is InChI=1S/C33H33BrN2O3S/c1-22-14-16-23(17-15-22)21-39-31-27(34)18-24(19-28(31)38-2)20-35-33-30(32(37)36-25-10-6-5-7-11-25)26-12-8-3-4-9-13-29(26)40-33/h5-7,10-11,14-20H,3-4,8-9,12-13,21H2,1-2H3,(H,36,37). The molecule has 0 saturated heterocycles. The zero-order chi connectivity index (χ0) is 27.9. The van der Waals surface area contributed by atoms with Crippen LogP contribution in [0.1, 0.15) is 63.2 Å². The van der Waals surface area contributed by atoms with Crippen LogP contribution < -0.4 is 14.8 Å². The number of carbonyl (C=O) groups is 1. The first-order chi connectivity index (χ1) is 19.5. The summed E-state index contributed by atoms with van der Waals surface area (Å²) in [6.07, 6.45) is 8.36. The molecule has 3 aromatic carbocycles. The zero-order valence-corrected chi connectivity index (χ0v) is 25.2. The molecule has 0 atom stereocenters. The first kappa shape index (κ1) is 28.1. The molecule has 0 saturated carbocycles. The molecule has 1 aliphatic carbocycles. The van der Waals surface area contributed by atoms with E-state index in [2.05, 4.69) is 52.4 Å². The Labute approximate surface area is 248 Å². The molecule has 5 nitrogen and oxygen atoms in total. The summed E-state index contributed by atoms with van der Waals surface area (Å²) in [5, 5.41) is 3.83. The molecule has 1 heterocycles. The van der Waals surface area contributed by atoms with Crippen LogP contribution in [0.5, 0.6) is 11.5 Å². The summed E-state index contributed by atoms with van der Waals surface area (Å²) in [4.78, 5) is 19.7. The average Bonchev–Trinajstić information content (AvgIpc) is 3.28. The Morgan fingerprint density at radius 2 is 1.77 bits per heavy atom. The lowest BCUT2D eigenvalue weighted by atomic mass is 9.96. The van der Waals surface area contributed by atoms with E-state index in [-0.39, 0.29) is 5.91 Å². The summed E-state index contributed by atoms with van der Waals surface area (Å²) >= 11 is 5.30. The smallest absolute Gasteiger partial charge is 0.259 e. The predicted octanol–water partition coefficient (Wildman–Crippen LogP) is 9.07. The number of methoxy groups -OCH3 is 1. The minimum absolute atomic E-state index is 0.102. The Balaban J connectivity index is 1.42. The van der Waals surface area contributed by atoms with E-state index in [1.165, 1.54) is 23.3 Å². The topological polar surface area (TPSA) is 59.9 Å². The third kappa shape index (κ3) is 6.83. The number of hydrogen-bond acceptors (Lipinski definition) is 5. The Bertz CT molecular complexity index is 1500. The van der Waals surface area contributed by atoms with Crippen LogP contribution in [0.4, 0.5) is 10.7 Å². The van der Waals surface area contributed by atoms with Crippen LogP contribution in [0.3, 0.4) is 0 Å². The van der Waals surface area contributed by atoms with E-state index in [1.54, 1.807) is 24.7 Å². The maximum Gasteiger partial charge on any atom is 0.259 e. The molecule has 0 radical (unpaired) electrons. The van der Waals surface area contributed by atoms with Gasteiger partial charge < -0.3 is 14.8 Å². The molecule has 0 spiro atoms. The van der Waals surface area contributed by atoms with Gasteiger partial charge in [-0.1, -0.05) is 60.9 Å². The number of rotatable bonds is 8. The van der Waals surface area contributed by atoms with Gasteiger partial charge in [-0.2, -0.15) is 0 Å². The highest BCUT2D eigenvalue weighted by atomic mass is 79.9. The van der Waals surface area contributed by atoms with Crippen molar-refractivity contribution < 1.29 is 14.3 Å². The van der Waals surface area contributed by atoms with E-state index in [9.17, 15) is 4.79 Å².